The third-order valence-corrected chi connectivity index (χ3v) is 1.54. The first-order chi connectivity index (χ1) is 5.96. The average molecular weight is 191 g/mol. The lowest BCUT2D eigenvalue weighted by Gasteiger charge is -2.17. The molecule has 0 aliphatic rings. The lowest BCUT2D eigenvalue weighted by molar-refractivity contribution is 0.112. The van der Waals surface area contributed by atoms with E-state index in [-0.39, 0.29) is 6.29 Å². The summed E-state index contributed by atoms with van der Waals surface area (Å²) in [4.78, 5) is 10.2. The normalized spacial score (nSPS) is 11.4. The number of benzene rings is 1. The summed E-state index contributed by atoms with van der Waals surface area (Å²) >= 11 is 0. The van der Waals surface area contributed by atoms with Crippen molar-refractivity contribution in [3.05, 3.63) is 29.6 Å². The number of hydrogen-bond acceptors (Lipinski definition) is 1. The fourth-order valence-corrected chi connectivity index (χ4v) is 1.00. The zero-order valence-electron chi connectivity index (χ0n) is 6.31. The molecule has 0 saturated carbocycles. The molecule has 0 heterocycles. The highest BCUT2D eigenvalue weighted by Crippen LogP contribution is 2.13. The van der Waals surface area contributed by atoms with Gasteiger partial charge in [-0.15, -0.1) is 0 Å². The Morgan fingerprint density at radius 1 is 1.23 bits per heavy atom. The van der Waals surface area contributed by atoms with Crippen LogP contribution in [-0.2, 0) is 0 Å². The van der Waals surface area contributed by atoms with Crippen LogP contribution in [0, 0.1) is 5.82 Å². The summed E-state index contributed by atoms with van der Waals surface area (Å²) in [6.45, 7) is -5.47. The van der Waals surface area contributed by atoms with Crippen molar-refractivity contribution >= 4 is 18.7 Å². The van der Waals surface area contributed by atoms with E-state index in [0.717, 1.165) is 12.1 Å². The van der Waals surface area contributed by atoms with Gasteiger partial charge in [-0.3, -0.25) is 4.79 Å². The highest BCUT2D eigenvalue weighted by molar-refractivity contribution is 6.74. The highest BCUT2D eigenvalue weighted by Gasteiger charge is 2.31. The van der Waals surface area contributed by atoms with Crippen molar-refractivity contribution in [2.24, 2.45) is 0 Å². The van der Waals surface area contributed by atoms with Crippen molar-refractivity contribution in [2.75, 3.05) is 0 Å². The molecule has 0 aliphatic carbocycles. The number of carbonyl (C=O) groups is 1. The Labute approximate surface area is 71.4 Å². The van der Waals surface area contributed by atoms with Crippen LogP contribution in [0.5, 0.6) is 0 Å². The minimum atomic E-state index is -5.47. The molecule has 13 heavy (non-hydrogen) atoms. The lowest BCUT2D eigenvalue weighted by atomic mass is 9.76. The second kappa shape index (κ2) is 3.20. The van der Waals surface area contributed by atoms with Gasteiger partial charge in [0.05, 0.1) is 5.82 Å². The predicted molar refractivity (Wildman–Crippen MR) is 40.5 cm³/mol. The lowest BCUT2D eigenvalue weighted by Crippen LogP contribution is -2.39. The second-order valence-corrected chi connectivity index (χ2v) is 2.44. The van der Waals surface area contributed by atoms with E-state index >= 15 is 0 Å². The van der Waals surface area contributed by atoms with E-state index in [2.05, 4.69) is 0 Å². The maximum atomic E-state index is 12.7. The molecule has 0 fully saturated rings. The largest absolute Gasteiger partial charge is 0.513 e. The van der Waals surface area contributed by atoms with Gasteiger partial charge < -0.3 is 12.9 Å². The fourth-order valence-electron chi connectivity index (χ4n) is 1.00. The molecule has 1 aromatic carbocycles. The minimum Gasteiger partial charge on any atom is -0.445 e. The standard InChI is InChI=1S/C7H4BF4O/c9-6-3-1-2-5(4-13)7(6)8(10,11)12/h1-4H/q-1. The molecule has 0 aromatic heterocycles. The molecule has 0 bridgehead atoms. The van der Waals surface area contributed by atoms with E-state index in [1.54, 1.807) is 0 Å². The molecule has 0 spiro atoms. The van der Waals surface area contributed by atoms with Gasteiger partial charge in [0.25, 0.3) is 0 Å². The van der Waals surface area contributed by atoms with E-state index in [9.17, 15) is 22.1 Å². The van der Waals surface area contributed by atoms with Gasteiger partial charge in [0.2, 0.25) is 0 Å². The van der Waals surface area contributed by atoms with Gasteiger partial charge in [0.15, 0.2) is 0 Å². The molecule has 0 amide bonds. The Hall–Kier alpha value is -1.33. The molecule has 0 atom stereocenters. The molecule has 1 aromatic rings. The maximum Gasteiger partial charge on any atom is 0.513 e. The number of carbonyl (C=O) groups excluding carboxylic acids is 1. The Morgan fingerprint density at radius 3 is 2.23 bits per heavy atom. The first kappa shape index (κ1) is 9.76. The van der Waals surface area contributed by atoms with Crippen LogP contribution in [0.25, 0.3) is 0 Å². The van der Waals surface area contributed by atoms with Crippen molar-refractivity contribution in [1.82, 2.24) is 0 Å². The number of halogens is 4. The quantitative estimate of drug-likeness (QED) is 0.394. The summed E-state index contributed by atoms with van der Waals surface area (Å²) in [5, 5.41) is 0. The molecule has 70 valence electrons. The van der Waals surface area contributed by atoms with E-state index in [1.807, 2.05) is 0 Å². The summed E-state index contributed by atoms with van der Waals surface area (Å²) in [7, 11) is 0. The van der Waals surface area contributed by atoms with Crippen LogP contribution in [0.15, 0.2) is 18.2 Å². The average Bonchev–Trinajstić information content (AvgIpc) is 2.01. The van der Waals surface area contributed by atoms with Gasteiger partial charge in [-0.2, -0.15) is 0 Å². The molecule has 0 saturated heterocycles. The van der Waals surface area contributed by atoms with Crippen molar-refractivity contribution in [3.8, 4) is 0 Å². The van der Waals surface area contributed by atoms with Crippen LogP contribution in [0.2, 0.25) is 0 Å². The van der Waals surface area contributed by atoms with Gasteiger partial charge in [-0.25, -0.2) is 4.39 Å². The van der Waals surface area contributed by atoms with Gasteiger partial charge >= 0.3 is 6.98 Å². The van der Waals surface area contributed by atoms with Gasteiger partial charge in [0.1, 0.15) is 6.29 Å². The van der Waals surface area contributed by atoms with Crippen molar-refractivity contribution in [2.45, 2.75) is 0 Å². The van der Waals surface area contributed by atoms with Crippen LogP contribution < -0.4 is 5.46 Å². The van der Waals surface area contributed by atoms with E-state index in [0.29, 0.717) is 6.07 Å². The predicted octanol–water partition coefficient (Wildman–Crippen LogP) is 1.69. The summed E-state index contributed by atoms with van der Waals surface area (Å²) in [5.41, 5.74) is -2.11. The molecule has 6 heteroatoms. The summed E-state index contributed by atoms with van der Waals surface area (Å²) in [6.07, 6.45) is -0.00630. The minimum absolute atomic E-state index is 0.00630. The summed E-state index contributed by atoms with van der Waals surface area (Å²) in [6, 6.07) is 2.67. The number of hydrogen-bond donors (Lipinski definition) is 0. The van der Waals surface area contributed by atoms with Crippen LogP contribution in [-0.4, -0.2) is 13.3 Å². The second-order valence-electron chi connectivity index (χ2n) is 2.44. The fraction of sp³-hybridized carbons (Fsp3) is 0. The van der Waals surface area contributed by atoms with Crippen molar-refractivity contribution < 1.29 is 22.1 Å². The molecule has 1 nitrogen and oxygen atoms in total. The first-order valence-corrected chi connectivity index (χ1v) is 3.40. The van der Waals surface area contributed by atoms with Gasteiger partial charge in [-0.05, 0) is 11.6 Å². The maximum absolute atomic E-state index is 12.7. The molecule has 0 aliphatic heterocycles. The molecular weight excluding hydrogens is 187 g/mol. The SMILES string of the molecule is O=Cc1cccc(F)c1[B-](F)(F)F. The van der Waals surface area contributed by atoms with Crippen LogP contribution >= 0.6 is 0 Å². The van der Waals surface area contributed by atoms with E-state index in [1.165, 1.54) is 0 Å². The third-order valence-electron chi connectivity index (χ3n) is 1.54. The summed E-state index contributed by atoms with van der Waals surface area (Å²) in [5.74, 6) is -1.41. The van der Waals surface area contributed by atoms with Gasteiger partial charge in [0, 0.05) is 0 Å². The summed E-state index contributed by atoms with van der Waals surface area (Å²) < 4.78 is 49.1. The zero-order chi connectivity index (χ0) is 10.1. The third kappa shape index (κ3) is 1.88. The zero-order valence-corrected chi connectivity index (χ0v) is 6.31. The van der Waals surface area contributed by atoms with Gasteiger partial charge in [-0.1, -0.05) is 17.6 Å². The smallest absolute Gasteiger partial charge is 0.445 e. The van der Waals surface area contributed by atoms with E-state index < -0.39 is 23.8 Å². The van der Waals surface area contributed by atoms with Crippen LogP contribution in [0.1, 0.15) is 10.4 Å². The Kier molecular flexibility index (Phi) is 2.40. The first-order valence-electron chi connectivity index (χ1n) is 3.40. The highest BCUT2D eigenvalue weighted by atomic mass is 19.4. The number of aldehydes is 1. The Morgan fingerprint density at radius 2 is 1.85 bits per heavy atom. The van der Waals surface area contributed by atoms with E-state index in [4.69, 9.17) is 0 Å². The number of rotatable bonds is 2. The monoisotopic (exact) mass is 191 g/mol. The molecule has 0 N–H and O–H groups in total. The van der Waals surface area contributed by atoms with Crippen molar-refractivity contribution in [1.29, 1.82) is 0 Å². The molecule has 0 unspecified atom stereocenters. The van der Waals surface area contributed by atoms with Crippen molar-refractivity contribution in [3.63, 3.8) is 0 Å². The molecular formula is C7H4BF4O-. The van der Waals surface area contributed by atoms with Crippen LogP contribution in [0.4, 0.5) is 17.3 Å². The Bertz CT molecular complexity index is 334. The Balaban J connectivity index is 3.40. The van der Waals surface area contributed by atoms with Crippen LogP contribution in [0.3, 0.4) is 0 Å². The molecule has 0 radical (unpaired) electrons. The molecule has 1 rings (SSSR count). The topological polar surface area (TPSA) is 17.1 Å².